The minimum atomic E-state index is 0. The molecular formula is C4H5BrLiN3. The molecule has 0 bridgehead atoms. The molecule has 0 radical (unpaired) electrons. The van der Waals surface area contributed by atoms with Crippen molar-refractivity contribution in [1.29, 1.82) is 0 Å². The standard InChI is InChI=1S/C4H4BrN3.Li.H/c5-3-1-8-4(6)2-7-3;;/h1-2H,(H2,6,8);;/q;+1;-1. The third-order valence-corrected chi connectivity index (χ3v) is 1.05. The molecule has 5 heteroatoms. The van der Waals surface area contributed by atoms with E-state index in [2.05, 4.69) is 25.9 Å². The molecule has 0 aliphatic carbocycles. The van der Waals surface area contributed by atoms with Gasteiger partial charge in [0.1, 0.15) is 10.4 Å². The van der Waals surface area contributed by atoms with E-state index < -0.39 is 0 Å². The summed E-state index contributed by atoms with van der Waals surface area (Å²) in [4.78, 5) is 7.55. The number of aromatic nitrogens is 2. The molecule has 1 rings (SSSR count). The summed E-state index contributed by atoms with van der Waals surface area (Å²) in [6, 6.07) is 0. The van der Waals surface area contributed by atoms with E-state index in [9.17, 15) is 0 Å². The average Bonchev–Trinajstić information content (AvgIpc) is 1.77. The van der Waals surface area contributed by atoms with Gasteiger partial charge in [-0.2, -0.15) is 0 Å². The quantitative estimate of drug-likeness (QED) is 0.469. The first-order valence-electron chi connectivity index (χ1n) is 2.02. The van der Waals surface area contributed by atoms with Crippen molar-refractivity contribution in [3.05, 3.63) is 17.0 Å². The van der Waals surface area contributed by atoms with Crippen molar-refractivity contribution < 1.29 is 20.3 Å². The second-order valence-electron chi connectivity index (χ2n) is 1.26. The van der Waals surface area contributed by atoms with Crippen LogP contribution in [0.15, 0.2) is 17.0 Å². The first kappa shape index (κ1) is 8.96. The van der Waals surface area contributed by atoms with E-state index in [0.717, 1.165) is 0 Å². The first-order valence-corrected chi connectivity index (χ1v) is 2.81. The molecule has 1 aromatic heterocycles. The molecule has 0 amide bonds. The van der Waals surface area contributed by atoms with Crippen LogP contribution in [0.5, 0.6) is 0 Å². The van der Waals surface area contributed by atoms with E-state index in [0.29, 0.717) is 10.4 Å². The molecule has 0 saturated carbocycles. The second-order valence-corrected chi connectivity index (χ2v) is 2.08. The van der Waals surface area contributed by atoms with Crippen molar-refractivity contribution in [3.8, 4) is 0 Å². The number of nitrogens with zero attached hydrogens (tertiary/aromatic N) is 2. The zero-order valence-electron chi connectivity index (χ0n) is 6.00. The molecule has 0 unspecified atom stereocenters. The summed E-state index contributed by atoms with van der Waals surface area (Å²) < 4.78 is 0.701. The smallest absolute Gasteiger partial charge is 1.00 e. The van der Waals surface area contributed by atoms with Crippen molar-refractivity contribution in [2.24, 2.45) is 0 Å². The summed E-state index contributed by atoms with van der Waals surface area (Å²) in [6.07, 6.45) is 3.04. The zero-order chi connectivity index (χ0) is 5.98. The van der Waals surface area contributed by atoms with Gasteiger partial charge in [0.15, 0.2) is 0 Å². The molecule has 0 aliphatic heterocycles. The van der Waals surface area contributed by atoms with E-state index in [1.54, 1.807) is 6.20 Å². The Balaban J connectivity index is 0. The Morgan fingerprint density at radius 2 is 2.11 bits per heavy atom. The maximum absolute atomic E-state index is 5.23. The molecule has 44 valence electrons. The molecule has 0 aromatic carbocycles. The van der Waals surface area contributed by atoms with Crippen LogP contribution in [-0.4, -0.2) is 9.97 Å². The predicted octanol–water partition coefficient (Wildman–Crippen LogP) is -2.06. The topological polar surface area (TPSA) is 51.8 Å². The third kappa shape index (κ3) is 2.85. The van der Waals surface area contributed by atoms with Crippen molar-refractivity contribution in [2.45, 2.75) is 0 Å². The fraction of sp³-hybridized carbons (Fsp3) is 0. The van der Waals surface area contributed by atoms with E-state index >= 15 is 0 Å². The fourth-order valence-electron chi connectivity index (χ4n) is 0.322. The summed E-state index contributed by atoms with van der Waals surface area (Å²) in [6.45, 7) is 0. The average molecular weight is 182 g/mol. The maximum atomic E-state index is 5.23. The predicted molar refractivity (Wildman–Crippen MR) is 35.3 cm³/mol. The Bertz CT molecular complexity index is 159. The van der Waals surface area contributed by atoms with E-state index in [1.165, 1.54) is 6.20 Å². The Morgan fingerprint density at radius 3 is 2.44 bits per heavy atom. The summed E-state index contributed by atoms with van der Waals surface area (Å²) in [5.41, 5.74) is 5.23. The van der Waals surface area contributed by atoms with Crippen molar-refractivity contribution in [2.75, 3.05) is 5.73 Å². The fourth-order valence-corrected chi connectivity index (χ4v) is 0.527. The minimum absolute atomic E-state index is 0. The summed E-state index contributed by atoms with van der Waals surface area (Å²) in [7, 11) is 0. The first-order chi connectivity index (χ1) is 3.79. The van der Waals surface area contributed by atoms with Crippen LogP contribution in [-0.2, 0) is 0 Å². The van der Waals surface area contributed by atoms with Gasteiger partial charge in [0, 0.05) is 0 Å². The number of halogens is 1. The van der Waals surface area contributed by atoms with Crippen molar-refractivity contribution in [1.82, 2.24) is 9.97 Å². The third-order valence-electron chi connectivity index (χ3n) is 0.640. The Morgan fingerprint density at radius 1 is 1.44 bits per heavy atom. The van der Waals surface area contributed by atoms with Crippen molar-refractivity contribution in [3.63, 3.8) is 0 Å². The van der Waals surface area contributed by atoms with Crippen LogP contribution < -0.4 is 24.6 Å². The molecule has 1 aromatic rings. The van der Waals surface area contributed by atoms with Gasteiger partial charge in [0.05, 0.1) is 12.4 Å². The number of anilines is 1. The van der Waals surface area contributed by atoms with Gasteiger partial charge in [-0.25, -0.2) is 9.97 Å². The molecule has 0 saturated heterocycles. The van der Waals surface area contributed by atoms with Crippen molar-refractivity contribution >= 4 is 21.7 Å². The number of nitrogen functional groups attached to an aromatic ring is 1. The van der Waals surface area contributed by atoms with Crippen LogP contribution in [0.2, 0.25) is 0 Å². The maximum Gasteiger partial charge on any atom is 1.00 e. The van der Waals surface area contributed by atoms with Gasteiger partial charge in [-0.15, -0.1) is 0 Å². The van der Waals surface area contributed by atoms with Gasteiger partial charge >= 0.3 is 18.9 Å². The normalized spacial score (nSPS) is 8.11. The number of hydrogen-bond acceptors (Lipinski definition) is 3. The summed E-state index contributed by atoms with van der Waals surface area (Å²) in [5, 5.41) is 0. The van der Waals surface area contributed by atoms with Crippen LogP contribution in [0.3, 0.4) is 0 Å². The van der Waals surface area contributed by atoms with Gasteiger partial charge in [-0.1, -0.05) is 0 Å². The molecule has 2 N–H and O–H groups in total. The van der Waals surface area contributed by atoms with E-state index in [4.69, 9.17) is 5.73 Å². The van der Waals surface area contributed by atoms with Crippen LogP contribution in [0.25, 0.3) is 0 Å². The van der Waals surface area contributed by atoms with Crippen LogP contribution in [0.1, 0.15) is 1.43 Å². The molecule has 9 heavy (non-hydrogen) atoms. The van der Waals surface area contributed by atoms with E-state index in [1.807, 2.05) is 0 Å². The van der Waals surface area contributed by atoms with Gasteiger partial charge in [0.2, 0.25) is 0 Å². The molecule has 3 nitrogen and oxygen atoms in total. The molecule has 0 aliphatic rings. The number of rotatable bonds is 0. The monoisotopic (exact) mass is 181 g/mol. The zero-order valence-corrected chi connectivity index (χ0v) is 6.59. The number of hydrogen-bond donors (Lipinski definition) is 1. The molecule has 1 heterocycles. The Labute approximate surface area is 74.9 Å². The largest absolute Gasteiger partial charge is 1.00 e. The van der Waals surface area contributed by atoms with Gasteiger partial charge in [-0.05, 0) is 15.9 Å². The Hall–Kier alpha value is -0.0426. The van der Waals surface area contributed by atoms with E-state index in [-0.39, 0.29) is 20.3 Å². The summed E-state index contributed by atoms with van der Waals surface area (Å²) >= 11 is 3.12. The molecule has 0 atom stereocenters. The van der Waals surface area contributed by atoms with Crippen LogP contribution in [0, 0.1) is 0 Å². The van der Waals surface area contributed by atoms with Gasteiger partial charge < -0.3 is 7.16 Å². The molecule has 0 fully saturated rings. The summed E-state index contributed by atoms with van der Waals surface area (Å²) in [5.74, 6) is 0.438. The molecular weight excluding hydrogens is 177 g/mol. The molecule has 0 spiro atoms. The number of nitrogens with two attached hydrogens (primary N) is 1. The SMILES string of the molecule is Nc1cnc(Br)cn1.[H-].[Li+]. The van der Waals surface area contributed by atoms with Gasteiger partial charge in [-0.3, -0.25) is 0 Å². The Kier molecular flexibility index (Phi) is 3.87. The van der Waals surface area contributed by atoms with Crippen LogP contribution >= 0.6 is 15.9 Å². The van der Waals surface area contributed by atoms with Gasteiger partial charge in [0.25, 0.3) is 0 Å². The minimum Gasteiger partial charge on any atom is -1.00 e. The van der Waals surface area contributed by atoms with Crippen LogP contribution in [0.4, 0.5) is 5.82 Å². The second kappa shape index (κ2) is 3.88.